The van der Waals surface area contributed by atoms with Crippen LogP contribution in [0.3, 0.4) is 0 Å². The first-order chi connectivity index (χ1) is 7.89. The number of hydrogen-bond donors (Lipinski definition) is 0. The van der Waals surface area contributed by atoms with E-state index >= 15 is 0 Å². The molecule has 1 atom stereocenters. The Kier molecular flexibility index (Phi) is 3.72. The van der Waals surface area contributed by atoms with Crippen molar-refractivity contribution in [2.24, 2.45) is 5.92 Å². The van der Waals surface area contributed by atoms with Gasteiger partial charge in [-0.05, 0) is 25.7 Å². The summed E-state index contributed by atoms with van der Waals surface area (Å²) in [6.07, 6.45) is 7.21. The van der Waals surface area contributed by atoms with Crippen LogP contribution >= 0.6 is 23.5 Å². The minimum absolute atomic E-state index is 0.214. The van der Waals surface area contributed by atoms with Crippen molar-refractivity contribution in [2.75, 3.05) is 24.7 Å². The van der Waals surface area contributed by atoms with Gasteiger partial charge in [-0.25, -0.2) is 0 Å². The minimum Gasteiger partial charge on any atom is -0.347 e. The molecule has 3 rings (SSSR count). The molecule has 1 unspecified atom stereocenters. The Morgan fingerprint density at radius 2 is 1.88 bits per heavy atom. The molecule has 3 aliphatic rings. The zero-order valence-corrected chi connectivity index (χ0v) is 11.2. The summed E-state index contributed by atoms with van der Waals surface area (Å²) in [4.78, 5) is 0. The van der Waals surface area contributed by atoms with E-state index in [4.69, 9.17) is 9.47 Å². The third-order valence-electron chi connectivity index (χ3n) is 3.69. The molecule has 0 aromatic heterocycles. The van der Waals surface area contributed by atoms with Gasteiger partial charge in [-0.15, -0.1) is 23.5 Å². The largest absolute Gasteiger partial charge is 0.347 e. The van der Waals surface area contributed by atoms with Gasteiger partial charge in [-0.2, -0.15) is 0 Å². The Balaban J connectivity index is 1.53. The van der Waals surface area contributed by atoms with Crippen molar-refractivity contribution in [1.82, 2.24) is 0 Å². The summed E-state index contributed by atoms with van der Waals surface area (Å²) in [5.41, 5.74) is 0. The summed E-state index contributed by atoms with van der Waals surface area (Å²) in [5.74, 6) is 2.99. The van der Waals surface area contributed by atoms with Crippen LogP contribution in [-0.2, 0) is 9.47 Å². The third kappa shape index (κ3) is 2.26. The smallest absolute Gasteiger partial charge is 0.171 e. The lowest BCUT2D eigenvalue weighted by Crippen LogP contribution is -2.34. The molecule has 2 heterocycles. The average molecular weight is 259 g/mol. The topological polar surface area (TPSA) is 18.5 Å². The zero-order chi connectivity index (χ0) is 10.8. The highest BCUT2D eigenvalue weighted by molar-refractivity contribution is 8.20. The number of ether oxygens (including phenoxy) is 2. The standard InChI is InChI=1S/C12H19O2S2/c1-2-10(3-4-11-15-8-9-16-11)12(5-1)13-6-7-14-12/h2,10-11H,1,3-9H2. The van der Waals surface area contributed by atoms with Gasteiger partial charge in [-0.1, -0.05) is 0 Å². The molecule has 1 radical (unpaired) electrons. The lowest BCUT2D eigenvalue weighted by atomic mass is 9.97. The number of thioether (sulfide) groups is 2. The van der Waals surface area contributed by atoms with Crippen LogP contribution in [0.5, 0.6) is 0 Å². The molecule has 2 saturated heterocycles. The lowest BCUT2D eigenvalue weighted by Gasteiger charge is -2.29. The first kappa shape index (κ1) is 11.7. The Bertz CT molecular complexity index is 230. The van der Waals surface area contributed by atoms with Crippen molar-refractivity contribution < 1.29 is 9.47 Å². The van der Waals surface area contributed by atoms with Crippen molar-refractivity contribution in [3.8, 4) is 0 Å². The van der Waals surface area contributed by atoms with Gasteiger partial charge in [0, 0.05) is 23.8 Å². The average Bonchev–Trinajstić information content (AvgIpc) is 3.01. The van der Waals surface area contributed by atoms with E-state index in [2.05, 4.69) is 29.9 Å². The Morgan fingerprint density at radius 3 is 2.62 bits per heavy atom. The van der Waals surface area contributed by atoms with E-state index < -0.39 is 0 Å². The molecule has 0 N–H and O–H groups in total. The van der Waals surface area contributed by atoms with Gasteiger partial charge in [0.2, 0.25) is 0 Å². The molecular weight excluding hydrogens is 240 g/mol. The van der Waals surface area contributed by atoms with Gasteiger partial charge in [0.15, 0.2) is 5.79 Å². The zero-order valence-electron chi connectivity index (χ0n) is 9.52. The molecule has 16 heavy (non-hydrogen) atoms. The van der Waals surface area contributed by atoms with Crippen LogP contribution in [-0.4, -0.2) is 35.1 Å². The van der Waals surface area contributed by atoms with Crippen molar-refractivity contribution in [3.05, 3.63) is 6.42 Å². The molecule has 0 aromatic rings. The summed E-state index contributed by atoms with van der Waals surface area (Å²) in [6, 6.07) is 0. The fourth-order valence-electron chi connectivity index (χ4n) is 2.91. The molecule has 2 nitrogen and oxygen atoms in total. The Morgan fingerprint density at radius 1 is 1.12 bits per heavy atom. The van der Waals surface area contributed by atoms with Gasteiger partial charge in [0.1, 0.15) is 0 Å². The van der Waals surface area contributed by atoms with Crippen LogP contribution in [0.4, 0.5) is 0 Å². The summed E-state index contributed by atoms with van der Waals surface area (Å²) < 4.78 is 12.6. The molecule has 3 fully saturated rings. The van der Waals surface area contributed by atoms with E-state index in [9.17, 15) is 0 Å². The van der Waals surface area contributed by atoms with Crippen LogP contribution in [0, 0.1) is 12.3 Å². The lowest BCUT2D eigenvalue weighted by molar-refractivity contribution is -0.178. The fourth-order valence-corrected chi connectivity index (χ4v) is 5.77. The fraction of sp³-hybridized carbons (Fsp3) is 0.917. The van der Waals surface area contributed by atoms with Gasteiger partial charge in [0.05, 0.1) is 17.8 Å². The maximum Gasteiger partial charge on any atom is 0.171 e. The van der Waals surface area contributed by atoms with E-state index in [0.717, 1.165) is 30.6 Å². The molecule has 0 amide bonds. The van der Waals surface area contributed by atoms with Gasteiger partial charge in [0.25, 0.3) is 0 Å². The maximum absolute atomic E-state index is 5.86. The molecule has 1 aliphatic carbocycles. The highest BCUT2D eigenvalue weighted by Crippen LogP contribution is 2.45. The van der Waals surface area contributed by atoms with Gasteiger partial charge in [-0.3, -0.25) is 0 Å². The van der Waals surface area contributed by atoms with Crippen molar-refractivity contribution >= 4 is 23.5 Å². The maximum atomic E-state index is 5.86. The second kappa shape index (κ2) is 5.09. The quantitative estimate of drug-likeness (QED) is 0.775. The monoisotopic (exact) mass is 259 g/mol. The number of rotatable bonds is 3. The number of hydrogen-bond acceptors (Lipinski definition) is 4. The molecule has 0 bridgehead atoms. The predicted octanol–water partition coefficient (Wildman–Crippen LogP) is 2.93. The molecule has 1 spiro atoms. The van der Waals surface area contributed by atoms with Gasteiger partial charge >= 0.3 is 0 Å². The van der Waals surface area contributed by atoms with Crippen molar-refractivity contribution in [1.29, 1.82) is 0 Å². The second-order valence-corrected chi connectivity index (χ2v) is 7.56. The molecule has 1 saturated carbocycles. The van der Waals surface area contributed by atoms with Crippen LogP contribution in [0.1, 0.15) is 25.7 Å². The van der Waals surface area contributed by atoms with Crippen LogP contribution in [0.15, 0.2) is 0 Å². The first-order valence-corrected chi connectivity index (χ1v) is 8.33. The highest BCUT2D eigenvalue weighted by Gasteiger charge is 2.47. The SMILES string of the molecule is [CH]1CCC2(OCCO2)C1CCC1SCCS1. The van der Waals surface area contributed by atoms with E-state index in [1.807, 2.05) is 0 Å². The highest BCUT2D eigenvalue weighted by atomic mass is 32.2. The van der Waals surface area contributed by atoms with E-state index in [0.29, 0.717) is 5.92 Å². The van der Waals surface area contributed by atoms with Crippen LogP contribution in [0.25, 0.3) is 0 Å². The summed E-state index contributed by atoms with van der Waals surface area (Å²) in [6.45, 7) is 1.58. The first-order valence-electron chi connectivity index (χ1n) is 6.23. The van der Waals surface area contributed by atoms with Crippen molar-refractivity contribution in [2.45, 2.75) is 36.1 Å². The molecule has 0 aromatic carbocycles. The minimum atomic E-state index is -0.214. The summed E-state index contributed by atoms with van der Waals surface area (Å²) >= 11 is 4.25. The van der Waals surface area contributed by atoms with E-state index in [-0.39, 0.29) is 5.79 Å². The van der Waals surface area contributed by atoms with E-state index in [1.165, 1.54) is 24.3 Å². The third-order valence-corrected chi connectivity index (χ3v) is 6.86. The van der Waals surface area contributed by atoms with Gasteiger partial charge < -0.3 is 9.47 Å². The summed E-state index contributed by atoms with van der Waals surface area (Å²) in [5, 5.41) is 0. The molecule has 4 heteroatoms. The second-order valence-electron chi connectivity index (χ2n) is 4.64. The summed E-state index contributed by atoms with van der Waals surface area (Å²) in [7, 11) is 0. The molecule has 91 valence electrons. The Labute approximate surface area is 106 Å². The Hall–Kier alpha value is 0.620. The van der Waals surface area contributed by atoms with Crippen LogP contribution in [0.2, 0.25) is 0 Å². The van der Waals surface area contributed by atoms with Crippen molar-refractivity contribution in [3.63, 3.8) is 0 Å². The predicted molar refractivity (Wildman–Crippen MR) is 69.6 cm³/mol. The van der Waals surface area contributed by atoms with Crippen LogP contribution < -0.4 is 0 Å². The molecular formula is C12H19O2S2. The normalized spacial score (nSPS) is 34.1. The molecule has 2 aliphatic heterocycles. The van der Waals surface area contributed by atoms with E-state index in [1.54, 1.807) is 0 Å².